The van der Waals surface area contributed by atoms with E-state index in [1.165, 1.54) is 0 Å². The average molecular weight is 275 g/mol. The highest BCUT2D eigenvalue weighted by molar-refractivity contribution is 7.86. The van der Waals surface area contributed by atoms with Gasteiger partial charge in [-0.2, -0.15) is 16.8 Å². The van der Waals surface area contributed by atoms with E-state index in [0.717, 1.165) is 18.2 Å². The minimum Gasteiger partial charge on any atom is -0.282 e. The van der Waals surface area contributed by atoms with Gasteiger partial charge in [-0.05, 0) is 18.2 Å². The van der Waals surface area contributed by atoms with Crippen molar-refractivity contribution in [3.8, 4) is 0 Å². The number of hydrogen-bond donors (Lipinski definition) is 2. The summed E-state index contributed by atoms with van der Waals surface area (Å²) in [5, 5.41) is 0. The molecule has 15 heavy (non-hydrogen) atoms. The van der Waals surface area contributed by atoms with Gasteiger partial charge in [0.15, 0.2) is 0 Å². The standard InChI is InChI=1S/C6H6O6S2.ClH/c7-13(8,9)5-2-1-3-6(4-5)14(10,11)12;/h1-4H,(H,7,8,9)(H,10,11,12);1H. The molecule has 0 heterocycles. The summed E-state index contributed by atoms with van der Waals surface area (Å²) in [5.74, 6) is 0. The van der Waals surface area contributed by atoms with Crippen LogP contribution < -0.4 is 0 Å². The fourth-order valence-corrected chi connectivity index (χ4v) is 1.92. The number of rotatable bonds is 2. The molecular weight excluding hydrogens is 268 g/mol. The molecule has 2 N–H and O–H groups in total. The molecule has 0 aromatic heterocycles. The molecular formula is C6H7ClO6S2. The van der Waals surface area contributed by atoms with Gasteiger partial charge in [-0.15, -0.1) is 12.4 Å². The first-order valence-corrected chi connectivity index (χ1v) is 6.14. The lowest BCUT2D eigenvalue weighted by atomic mass is 10.4. The molecule has 6 nitrogen and oxygen atoms in total. The van der Waals surface area contributed by atoms with Crippen molar-refractivity contribution in [1.82, 2.24) is 0 Å². The first-order chi connectivity index (χ1) is 6.21. The Bertz CT molecular complexity index is 499. The van der Waals surface area contributed by atoms with E-state index in [-0.39, 0.29) is 12.4 Å². The van der Waals surface area contributed by atoms with E-state index in [4.69, 9.17) is 9.11 Å². The van der Waals surface area contributed by atoms with Gasteiger partial charge in [-0.1, -0.05) is 6.07 Å². The molecule has 0 fully saturated rings. The van der Waals surface area contributed by atoms with Crippen molar-refractivity contribution < 1.29 is 25.9 Å². The first-order valence-electron chi connectivity index (χ1n) is 3.26. The maximum absolute atomic E-state index is 10.6. The van der Waals surface area contributed by atoms with E-state index < -0.39 is 30.0 Å². The van der Waals surface area contributed by atoms with Crippen LogP contribution in [0.15, 0.2) is 34.1 Å². The second-order valence-electron chi connectivity index (χ2n) is 2.42. The van der Waals surface area contributed by atoms with Gasteiger partial charge in [0.2, 0.25) is 0 Å². The molecule has 0 aliphatic heterocycles. The zero-order valence-electron chi connectivity index (χ0n) is 7.06. The minimum atomic E-state index is -4.46. The van der Waals surface area contributed by atoms with Crippen LogP contribution in [0.3, 0.4) is 0 Å². The predicted octanol–water partition coefficient (Wildman–Crippen LogP) is 0.602. The molecule has 0 atom stereocenters. The monoisotopic (exact) mass is 274 g/mol. The zero-order chi connectivity index (χ0) is 11.0. The largest absolute Gasteiger partial charge is 0.294 e. The van der Waals surface area contributed by atoms with Gasteiger partial charge in [0.25, 0.3) is 20.2 Å². The summed E-state index contributed by atoms with van der Waals surface area (Å²) in [6, 6.07) is 3.75. The van der Waals surface area contributed by atoms with Crippen LogP contribution in [-0.2, 0) is 20.2 Å². The molecule has 9 heteroatoms. The second kappa shape index (κ2) is 4.45. The molecule has 1 aromatic carbocycles. The second-order valence-corrected chi connectivity index (χ2v) is 5.27. The minimum absolute atomic E-state index is 0. The Balaban J connectivity index is 0.00000196. The highest BCUT2D eigenvalue weighted by Crippen LogP contribution is 2.14. The van der Waals surface area contributed by atoms with Crippen LogP contribution in [0.5, 0.6) is 0 Å². The summed E-state index contributed by atoms with van der Waals surface area (Å²) in [4.78, 5) is -1.18. The molecule has 0 radical (unpaired) electrons. The Morgan fingerprint density at radius 3 is 1.47 bits per heavy atom. The van der Waals surface area contributed by atoms with Crippen LogP contribution in [0.25, 0.3) is 0 Å². The van der Waals surface area contributed by atoms with Gasteiger partial charge in [-0.3, -0.25) is 9.11 Å². The molecule has 1 rings (SSSR count). The van der Waals surface area contributed by atoms with Crippen LogP contribution in [0.1, 0.15) is 0 Å². The quantitative estimate of drug-likeness (QED) is 0.765. The SMILES string of the molecule is Cl.O=S(=O)(O)c1cccc(S(=O)(=O)O)c1. The molecule has 0 amide bonds. The average Bonchev–Trinajstić information content (AvgIpc) is 2.01. The van der Waals surface area contributed by atoms with E-state index in [2.05, 4.69) is 0 Å². The van der Waals surface area contributed by atoms with Gasteiger partial charge in [0, 0.05) is 0 Å². The Morgan fingerprint density at radius 2 is 1.20 bits per heavy atom. The van der Waals surface area contributed by atoms with Gasteiger partial charge in [0.05, 0.1) is 9.79 Å². The van der Waals surface area contributed by atoms with Crippen molar-refractivity contribution in [2.45, 2.75) is 9.79 Å². The lowest BCUT2D eigenvalue weighted by molar-refractivity contribution is 0.481. The third kappa shape index (κ3) is 3.76. The van der Waals surface area contributed by atoms with Crippen molar-refractivity contribution >= 4 is 32.6 Å². The summed E-state index contributed by atoms with van der Waals surface area (Å²) in [5.41, 5.74) is 0. The molecule has 0 saturated carbocycles. The summed E-state index contributed by atoms with van der Waals surface area (Å²) in [7, 11) is -8.92. The molecule has 0 bridgehead atoms. The van der Waals surface area contributed by atoms with Crippen LogP contribution in [0.4, 0.5) is 0 Å². The number of halogens is 1. The fourth-order valence-electron chi connectivity index (χ4n) is 0.795. The summed E-state index contributed by atoms with van der Waals surface area (Å²) >= 11 is 0. The van der Waals surface area contributed by atoms with E-state index in [1.54, 1.807) is 0 Å². The lowest BCUT2D eigenvalue weighted by Crippen LogP contribution is -2.02. The van der Waals surface area contributed by atoms with Gasteiger partial charge in [0.1, 0.15) is 0 Å². The summed E-state index contributed by atoms with van der Waals surface area (Å²) < 4.78 is 59.5. The zero-order valence-corrected chi connectivity index (χ0v) is 9.51. The third-order valence-corrected chi connectivity index (χ3v) is 3.10. The normalized spacial score (nSPS) is 11.9. The van der Waals surface area contributed by atoms with Gasteiger partial charge < -0.3 is 0 Å². The highest BCUT2D eigenvalue weighted by atomic mass is 35.5. The summed E-state index contributed by atoms with van der Waals surface area (Å²) in [6.45, 7) is 0. The molecule has 1 aromatic rings. The lowest BCUT2D eigenvalue weighted by Gasteiger charge is -1.99. The van der Waals surface area contributed by atoms with Crippen molar-refractivity contribution in [1.29, 1.82) is 0 Å². The molecule has 0 unspecified atom stereocenters. The number of hydrogen-bond acceptors (Lipinski definition) is 4. The van der Waals surface area contributed by atoms with Crippen molar-refractivity contribution in [3.05, 3.63) is 24.3 Å². The molecule has 86 valence electrons. The van der Waals surface area contributed by atoms with Crippen molar-refractivity contribution in [3.63, 3.8) is 0 Å². The Hall–Kier alpha value is -0.670. The van der Waals surface area contributed by atoms with Gasteiger partial charge in [-0.25, -0.2) is 0 Å². The topological polar surface area (TPSA) is 109 Å². The Labute approximate surface area is 92.8 Å². The van der Waals surface area contributed by atoms with Gasteiger partial charge >= 0.3 is 0 Å². The Kier molecular flexibility index (Phi) is 4.26. The number of benzene rings is 1. The van der Waals surface area contributed by atoms with Crippen LogP contribution in [-0.4, -0.2) is 25.9 Å². The predicted molar refractivity (Wildman–Crippen MR) is 53.3 cm³/mol. The summed E-state index contributed by atoms with van der Waals surface area (Å²) in [6.07, 6.45) is 0. The molecule has 0 spiro atoms. The smallest absolute Gasteiger partial charge is 0.282 e. The van der Waals surface area contributed by atoms with E-state index in [1.807, 2.05) is 0 Å². The third-order valence-electron chi connectivity index (χ3n) is 1.40. The maximum atomic E-state index is 10.6. The molecule has 0 saturated heterocycles. The first kappa shape index (κ1) is 14.3. The van der Waals surface area contributed by atoms with Crippen LogP contribution in [0, 0.1) is 0 Å². The van der Waals surface area contributed by atoms with Crippen LogP contribution in [0.2, 0.25) is 0 Å². The van der Waals surface area contributed by atoms with Crippen molar-refractivity contribution in [2.24, 2.45) is 0 Å². The highest BCUT2D eigenvalue weighted by Gasteiger charge is 2.15. The molecule has 0 aliphatic carbocycles. The molecule has 0 aliphatic rings. The Morgan fingerprint density at radius 1 is 0.867 bits per heavy atom. The van der Waals surface area contributed by atoms with Crippen LogP contribution >= 0.6 is 12.4 Å². The van der Waals surface area contributed by atoms with E-state index in [0.29, 0.717) is 6.07 Å². The maximum Gasteiger partial charge on any atom is 0.294 e. The van der Waals surface area contributed by atoms with E-state index in [9.17, 15) is 16.8 Å². The van der Waals surface area contributed by atoms with Crippen molar-refractivity contribution in [2.75, 3.05) is 0 Å². The fraction of sp³-hybridized carbons (Fsp3) is 0. The van der Waals surface area contributed by atoms with E-state index >= 15 is 0 Å².